The van der Waals surface area contributed by atoms with Crippen molar-refractivity contribution >= 4 is 0 Å². The molecular weight excluding hydrogens is 236 g/mol. The molecule has 1 aromatic heterocycles. The van der Waals surface area contributed by atoms with E-state index in [0.717, 1.165) is 30.8 Å². The molecule has 2 N–H and O–H groups in total. The Hall–Kier alpha value is -1.87. The minimum atomic E-state index is 0.0701. The Balaban J connectivity index is 1.74. The second-order valence-electron chi connectivity index (χ2n) is 4.67. The van der Waals surface area contributed by atoms with Crippen LogP contribution < -0.4 is 10.5 Å². The third kappa shape index (κ3) is 4.38. The van der Waals surface area contributed by atoms with Gasteiger partial charge in [-0.2, -0.15) is 0 Å². The third-order valence-electron chi connectivity index (χ3n) is 3.03. The topological polar surface area (TPSA) is 48.1 Å². The molecule has 2 aromatic rings. The number of hydrogen-bond acceptors (Lipinski definition) is 3. The zero-order chi connectivity index (χ0) is 13.5. The molecule has 0 amide bonds. The van der Waals surface area contributed by atoms with E-state index in [-0.39, 0.29) is 6.04 Å². The van der Waals surface area contributed by atoms with Gasteiger partial charge >= 0.3 is 0 Å². The summed E-state index contributed by atoms with van der Waals surface area (Å²) in [4.78, 5) is 4.00. The molecule has 100 valence electrons. The highest BCUT2D eigenvalue weighted by Gasteiger charge is 1.99. The highest BCUT2D eigenvalue weighted by Crippen LogP contribution is 2.16. The van der Waals surface area contributed by atoms with Crippen molar-refractivity contribution in [2.45, 2.75) is 25.8 Å². The largest absolute Gasteiger partial charge is 0.494 e. The number of nitrogens with two attached hydrogens (primary N) is 1. The van der Waals surface area contributed by atoms with E-state index in [1.54, 1.807) is 0 Å². The summed E-state index contributed by atoms with van der Waals surface area (Å²) in [5.41, 5.74) is 8.23. The minimum Gasteiger partial charge on any atom is -0.494 e. The second kappa shape index (κ2) is 6.90. The average Bonchev–Trinajstić information content (AvgIpc) is 2.45. The van der Waals surface area contributed by atoms with Crippen molar-refractivity contribution < 1.29 is 4.74 Å². The van der Waals surface area contributed by atoms with Gasteiger partial charge in [0.2, 0.25) is 0 Å². The predicted molar refractivity (Wildman–Crippen MR) is 77.1 cm³/mol. The molecule has 1 heterocycles. The lowest BCUT2D eigenvalue weighted by molar-refractivity contribution is 0.311. The summed E-state index contributed by atoms with van der Waals surface area (Å²) in [5.74, 6) is 0.902. The Morgan fingerprint density at radius 2 is 1.79 bits per heavy atom. The lowest BCUT2D eigenvalue weighted by Crippen LogP contribution is -2.05. The molecule has 0 aliphatic carbocycles. The summed E-state index contributed by atoms with van der Waals surface area (Å²) in [6.07, 6.45) is 5.66. The maximum Gasteiger partial charge on any atom is 0.119 e. The summed E-state index contributed by atoms with van der Waals surface area (Å²) in [6, 6.07) is 12.1. The maximum atomic E-state index is 5.80. The molecule has 0 aliphatic heterocycles. The summed E-state index contributed by atoms with van der Waals surface area (Å²) in [7, 11) is 0. The van der Waals surface area contributed by atoms with Crippen molar-refractivity contribution in [1.29, 1.82) is 0 Å². The van der Waals surface area contributed by atoms with Gasteiger partial charge in [0.05, 0.1) is 6.61 Å². The van der Waals surface area contributed by atoms with E-state index in [2.05, 4.69) is 4.98 Å². The van der Waals surface area contributed by atoms with E-state index in [1.165, 1.54) is 5.56 Å². The third-order valence-corrected chi connectivity index (χ3v) is 3.03. The van der Waals surface area contributed by atoms with E-state index in [9.17, 15) is 0 Å². The van der Waals surface area contributed by atoms with Crippen LogP contribution in [0.25, 0.3) is 0 Å². The van der Waals surface area contributed by atoms with Crippen molar-refractivity contribution in [2.24, 2.45) is 5.73 Å². The van der Waals surface area contributed by atoms with E-state index < -0.39 is 0 Å². The van der Waals surface area contributed by atoms with Crippen LogP contribution in [-0.2, 0) is 6.42 Å². The molecule has 0 saturated heterocycles. The van der Waals surface area contributed by atoms with E-state index in [0.29, 0.717) is 0 Å². The highest BCUT2D eigenvalue weighted by atomic mass is 16.5. The van der Waals surface area contributed by atoms with Crippen LogP contribution in [0.1, 0.15) is 30.5 Å². The number of hydrogen-bond donors (Lipinski definition) is 1. The fourth-order valence-electron chi connectivity index (χ4n) is 1.88. The van der Waals surface area contributed by atoms with Crippen LogP contribution in [-0.4, -0.2) is 11.6 Å². The van der Waals surface area contributed by atoms with Gasteiger partial charge in [-0.1, -0.05) is 12.1 Å². The van der Waals surface area contributed by atoms with Crippen LogP contribution >= 0.6 is 0 Å². The Kier molecular flexibility index (Phi) is 4.93. The second-order valence-corrected chi connectivity index (χ2v) is 4.67. The fraction of sp³-hybridized carbons (Fsp3) is 0.312. The van der Waals surface area contributed by atoms with Gasteiger partial charge in [0, 0.05) is 18.4 Å². The molecule has 0 radical (unpaired) electrons. The maximum absolute atomic E-state index is 5.80. The number of benzene rings is 1. The van der Waals surface area contributed by atoms with E-state index >= 15 is 0 Å². The number of rotatable bonds is 6. The smallest absolute Gasteiger partial charge is 0.119 e. The minimum absolute atomic E-state index is 0.0701. The molecule has 0 spiro atoms. The number of aryl methyl sites for hydroxylation is 1. The number of aromatic nitrogens is 1. The molecule has 0 fully saturated rings. The summed E-state index contributed by atoms with van der Waals surface area (Å²) in [6.45, 7) is 2.70. The quantitative estimate of drug-likeness (QED) is 0.808. The van der Waals surface area contributed by atoms with Gasteiger partial charge in [-0.05, 0) is 55.2 Å². The summed E-state index contributed by atoms with van der Waals surface area (Å²) < 4.78 is 5.71. The van der Waals surface area contributed by atoms with Crippen LogP contribution in [0.2, 0.25) is 0 Å². The molecule has 3 nitrogen and oxygen atoms in total. The molecule has 3 heteroatoms. The van der Waals surface area contributed by atoms with Crippen molar-refractivity contribution in [1.82, 2.24) is 4.98 Å². The van der Waals surface area contributed by atoms with Gasteiger partial charge in [0.1, 0.15) is 5.75 Å². The molecule has 0 saturated carbocycles. The average molecular weight is 256 g/mol. The van der Waals surface area contributed by atoms with Gasteiger partial charge in [-0.15, -0.1) is 0 Å². The Labute approximate surface area is 114 Å². The van der Waals surface area contributed by atoms with E-state index in [1.807, 2.05) is 55.7 Å². The molecule has 2 rings (SSSR count). The zero-order valence-corrected chi connectivity index (χ0v) is 11.3. The van der Waals surface area contributed by atoms with E-state index in [4.69, 9.17) is 10.5 Å². The molecule has 0 bridgehead atoms. The Morgan fingerprint density at radius 1 is 1.11 bits per heavy atom. The van der Waals surface area contributed by atoms with Crippen LogP contribution in [0.3, 0.4) is 0 Å². The molecule has 0 aliphatic rings. The molecule has 0 unspecified atom stereocenters. The van der Waals surface area contributed by atoms with Gasteiger partial charge in [0.15, 0.2) is 0 Å². The van der Waals surface area contributed by atoms with Gasteiger partial charge in [-0.3, -0.25) is 4.98 Å². The monoisotopic (exact) mass is 256 g/mol. The SMILES string of the molecule is C[C@@H](N)c1ccc(OCCCc2ccncc2)cc1. The normalized spacial score (nSPS) is 12.1. The van der Waals surface area contributed by atoms with Gasteiger partial charge < -0.3 is 10.5 Å². The predicted octanol–water partition coefficient (Wildman–Crippen LogP) is 3.11. The molecular formula is C16H20N2O. The van der Waals surface area contributed by atoms with Gasteiger partial charge in [-0.25, -0.2) is 0 Å². The van der Waals surface area contributed by atoms with Crippen molar-refractivity contribution in [3.63, 3.8) is 0 Å². The van der Waals surface area contributed by atoms with Crippen molar-refractivity contribution in [3.05, 3.63) is 59.9 Å². The Morgan fingerprint density at radius 3 is 2.42 bits per heavy atom. The lowest BCUT2D eigenvalue weighted by Gasteiger charge is -2.09. The fourth-order valence-corrected chi connectivity index (χ4v) is 1.88. The van der Waals surface area contributed by atoms with Crippen LogP contribution in [0.15, 0.2) is 48.8 Å². The first kappa shape index (κ1) is 13.6. The molecule has 1 atom stereocenters. The first-order valence-corrected chi connectivity index (χ1v) is 6.63. The molecule has 1 aromatic carbocycles. The van der Waals surface area contributed by atoms with Crippen LogP contribution in [0.5, 0.6) is 5.75 Å². The number of pyridine rings is 1. The number of nitrogens with zero attached hydrogens (tertiary/aromatic N) is 1. The van der Waals surface area contributed by atoms with Crippen molar-refractivity contribution in [2.75, 3.05) is 6.61 Å². The lowest BCUT2D eigenvalue weighted by atomic mass is 10.1. The van der Waals surface area contributed by atoms with Crippen LogP contribution in [0, 0.1) is 0 Å². The first-order chi connectivity index (χ1) is 9.25. The van der Waals surface area contributed by atoms with Gasteiger partial charge in [0.25, 0.3) is 0 Å². The summed E-state index contributed by atoms with van der Waals surface area (Å²) in [5, 5.41) is 0. The highest BCUT2D eigenvalue weighted by molar-refractivity contribution is 5.28. The number of ether oxygens (including phenoxy) is 1. The summed E-state index contributed by atoms with van der Waals surface area (Å²) >= 11 is 0. The Bertz CT molecular complexity index is 480. The van der Waals surface area contributed by atoms with Crippen LogP contribution in [0.4, 0.5) is 0 Å². The van der Waals surface area contributed by atoms with Crippen molar-refractivity contribution in [3.8, 4) is 5.75 Å². The molecule has 19 heavy (non-hydrogen) atoms. The zero-order valence-electron chi connectivity index (χ0n) is 11.3. The standard InChI is InChI=1S/C16H20N2O/c1-13(17)15-4-6-16(7-5-15)19-12-2-3-14-8-10-18-11-9-14/h4-11,13H,2-3,12,17H2,1H3/t13-/m1/s1. The first-order valence-electron chi connectivity index (χ1n) is 6.63.